The van der Waals surface area contributed by atoms with Crippen molar-refractivity contribution in [1.29, 1.82) is 0 Å². The molecule has 0 fully saturated rings. The van der Waals surface area contributed by atoms with E-state index in [2.05, 4.69) is 17.4 Å². The maximum Gasteiger partial charge on any atom is 0.264 e. The minimum absolute atomic E-state index is 0.103. The first-order valence-electron chi connectivity index (χ1n) is 10.3. The van der Waals surface area contributed by atoms with E-state index in [0.717, 1.165) is 21.0 Å². The van der Waals surface area contributed by atoms with Crippen LogP contribution in [0.1, 0.15) is 35.2 Å². The van der Waals surface area contributed by atoms with Crippen LogP contribution in [-0.2, 0) is 14.8 Å². The van der Waals surface area contributed by atoms with Crippen LogP contribution in [0.15, 0.2) is 71.6 Å². The van der Waals surface area contributed by atoms with Gasteiger partial charge in [0.15, 0.2) is 0 Å². The van der Waals surface area contributed by atoms with Crippen LogP contribution in [0.25, 0.3) is 0 Å². The molecule has 7 heteroatoms. The van der Waals surface area contributed by atoms with Gasteiger partial charge in [0.1, 0.15) is 6.54 Å². The van der Waals surface area contributed by atoms with Gasteiger partial charge in [-0.15, -0.1) is 0 Å². The minimum Gasteiger partial charge on any atom is -0.348 e. The van der Waals surface area contributed by atoms with Crippen molar-refractivity contribution in [2.45, 2.75) is 38.6 Å². The Bertz CT molecular complexity index is 1230. The number of sulfonamides is 1. The summed E-state index contributed by atoms with van der Waals surface area (Å²) >= 11 is 6.11. The predicted molar refractivity (Wildman–Crippen MR) is 130 cm³/mol. The summed E-state index contributed by atoms with van der Waals surface area (Å²) in [6.07, 6.45) is 0. The molecule has 168 valence electrons. The van der Waals surface area contributed by atoms with Crippen LogP contribution < -0.4 is 9.62 Å². The van der Waals surface area contributed by atoms with E-state index in [9.17, 15) is 13.2 Å². The number of amides is 1. The van der Waals surface area contributed by atoms with E-state index in [0.29, 0.717) is 10.7 Å². The number of aryl methyl sites for hydroxylation is 3. The lowest BCUT2D eigenvalue weighted by atomic mass is 9.96. The zero-order chi connectivity index (χ0) is 23.5. The van der Waals surface area contributed by atoms with E-state index in [1.54, 1.807) is 36.4 Å². The molecule has 0 spiro atoms. The Kier molecular flexibility index (Phi) is 7.26. The van der Waals surface area contributed by atoms with E-state index in [1.807, 2.05) is 27.7 Å². The number of carbonyl (C=O) groups excluding carboxylic acids is 1. The molecule has 0 heterocycles. The normalized spacial score (nSPS) is 12.3. The second-order valence-corrected chi connectivity index (χ2v) is 10.2. The summed E-state index contributed by atoms with van der Waals surface area (Å²) in [6.45, 7) is 7.60. The highest BCUT2D eigenvalue weighted by atomic mass is 35.5. The molecule has 0 unspecified atom stereocenters. The van der Waals surface area contributed by atoms with Crippen molar-refractivity contribution in [2.75, 3.05) is 10.8 Å². The second-order valence-electron chi connectivity index (χ2n) is 7.89. The Morgan fingerprint density at radius 3 is 2.25 bits per heavy atom. The van der Waals surface area contributed by atoms with Crippen LogP contribution >= 0.6 is 11.6 Å². The number of nitrogens with zero attached hydrogens (tertiary/aromatic N) is 1. The first kappa shape index (κ1) is 23.8. The first-order valence-corrected chi connectivity index (χ1v) is 12.1. The van der Waals surface area contributed by atoms with Crippen LogP contribution in [0.4, 0.5) is 5.69 Å². The third-order valence-corrected chi connectivity index (χ3v) is 7.46. The van der Waals surface area contributed by atoms with Crippen LogP contribution in [0, 0.1) is 20.8 Å². The van der Waals surface area contributed by atoms with Crippen LogP contribution in [0.5, 0.6) is 0 Å². The molecule has 3 rings (SSSR count). The topological polar surface area (TPSA) is 66.5 Å². The quantitative estimate of drug-likeness (QED) is 0.507. The van der Waals surface area contributed by atoms with Crippen molar-refractivity contribution in [2.24, 2.45) is 0 Å². The summed E-state index contributed by atoms with van der Waals surface area (Å²) in [6, 6.07) is 18.4. The number of halogens is 1. The van der Waals surface area contributed by atoms with Gasteiger partial charge in [-0.3, -0.25) is 9.10 Å². The van der Waals surface area contributed by atoms with Crippen molar-refractivity contribution >= 4 is 33.2 Å². The average molecular weight is 471 g/mol. The first-order chi connectivity index (χ1) is 15.1. The number of carbonyl (C=O) groups is 1. The minimum atomic E-state index is -3.97. The number of hydrogen-bond acceptors (Lipinski definition) is 3. The van der Waals surface area contributed by atoms with E-state index < -0.39 is 15.9 Å². The molecule has 0 bridgehead atoms. The summed E-state index contributed by atoms with van der Waals surface area (Å²) < 4.78 is 27.8. The highest BCUT2D eigenvalue weighted by Crippen LogP contribution is 2.26. The SMILES string of the molecule is Cc1cc(C)c([C@H](C)NC(=O)CN(c2cccc(Cl)c2)S(=O)(=O)c2ccccc2)cc1C. The van der Waals surface area contributed by atoms with E-state index in [-0.39, 0.29) is 17.5 Å². The van der Waals surface area contributed by atoms with Crippen molar-refractivity contribution in [3.05, 3.63) is 94.0 Å². The number of rotatable bonds is 7. The van der Waals surface area contributed by atoms with E-state index in [1.165, 1.54) is 23.8 Å². The zero-order valence-corrected chi connectivity index (χ0v) is 20.2. The molecule has 0 aliphatic heterocycles. The fraction of sp³-hybridized carbons (Fsp3) is 0.240. The Labute approximate surface area is 195 Å². The number of nitrogens with one attached hydrogen (secondary N) is 1. The van der Waals surface area contributed by atoms with Gasteiger partial charge in [-0.05, 0) is 80.3 Å². The van der Waals surface area contributed by atoms with Gasteiger partial charge >= 0.3 is 0 Å². The molecule has 0 aromatic heterocycles. The Hall–Kier alpha value is -2.83. The highest BCUT2D eigenvalue weighted by molar-refractivity contribution is 7.92. The van der Waals surface area contributed by atoms with Crippen molar-refractivity contribution in [1.82, 2.24) is 5.32 Å². The fourth-order valence-corrected chi connectivity index (χ4v) is 5.23. The lowest BCUT2D eigenvalue weighted by Gasteiger charge is -2.25. The molecular formula is C25H27ClN2O3S. The maximum absolute atomic E-state index is 13.4. The lowest BCUT2D eigenvalue weighted by molar-refractivity contribution is -0.120. The van der Waals surface area contributed by atoms with Gasteiger partial charge in [-0.2, -0.15) is 0 Å². The third kappa shape index (κ3) is 5.31. The summed E-state index contributed by atoms with van der Waals surface area (Å²) in [5, 5.41) is 3.33. The molecule has 32 heavy (non-hydrogen) atoms. The summed E-state index contributed by atoms with van der Waals surface area (Å²) in [5.41, 5.74) is 4.72. The molecule has 0 aliphatic carbocycles. The Morgan fingerprint density at radius 1 is 0.938 bits per heavy atom. The van der Waals surface area contributed by atoms with Crippen LogP contribution in [-0.4, -0.2) is 20.9 Å². The largest absolute Gasteiger partial charge is 0.348 e. The summed E-state index contributed by atoms with van der Waals surface area (Å²) in [5.74, 6) is -0.408. The third-order valence-electron chi connectivity index (χ3n) is 5.44. The fourth-order valence-electron chi connectivity index (χ4n) is 3.61. The zero-order valence-electron chi connectivity index (χ0n) is 18.6. The molecule has 5 nitrogen and oxygen atoms in total. The molecule has 0 radical (unpaired) electrons. The molecule has 0 aliphatic rings. The van der Waals surface area contributed by atoms with Gasteiger partial charge in [0.2, 0.25) is 5.91 Å². The predicted octanol–water partition coefficient (Wildman–Crippen LogP) is 5.34. The average Bonchev–Trinajstić information content (AvgIpc) is 2.75. The monoisotopic (exact) mass is 470 g/mol. The number of benzene rings is 3. The molecule has 0 saturated heterocycles. The molecule has 3 aromatic carbocycles. The van der Waals surface area contributed by atoms with Gasteiger partial charge < -0.3 is 5.32 Å². The molecule has 0 saturated carbocycles. The van der Waals surface area contributed by atoms with Crippen molar-refractivity contribution in [3.63, 3.8) is 0 Å². The second kappa shape index (κ2) is 9.76. The van der Waals surface area contributed by atoms with Gasteiger partial charge in [0.25, 0.3) is 10.0 Å². The maximum atomic E-state index is 13.4. The van der Waals surface area contributed by atoms with Gasteiger partial charge in [-0.25, -0.2) is 8.42 Å². The molecule has 3 aromatic rings. The van der Waals surface area contributed by atoms with E-state index >= 15 is 0 Å². The molecule has 1 amide bonds. The standard InChI is InChI=1S/C25H27ClN2O3S/c1-17-13-19(3)24(14-18(17)2)20(4)27-25(29)16-28(22-10-8-9-21(26)15-22)32(30,31)23-11-6-5-7-12-23/h5-15,20H,16H2,1-4H3,(H,27,29)/t20-/m0/s1. The van der Waals surface area contributed by atoms with Gasteiger partial charge in [0, 0.05) is 5.02 Å². The summed E-state index contributed by atoms with van der Waals surface area (Å²) in [7, 11) is -3.97. The van der Waals surface area contributed by atoms with Crippen LogP contribution in [0.3, 0.4) is 0 Å². The highest BCUT2D eigenvalue weighted by Gasteiger charge is 2.28. The number of anilines is 1. The smallest absolute Gasteiger partial charge is 0.264 e. The Balaban J connectivity index is 1.90. The number of hydrogen-bond donors (Lipinski definition) is 1. The lowest BCUT2D eigenvalue weighted by Crippen LogP contribution is -2.41. The Morgan fingerprint density at radius 2 is 1.59 bits per heavy atom. The molecule has 1 N–H and O–H groups in total. The van der Waals surface area contributed by atoms with Crippen LogP contribution in [0.2, 0.25) is 5.02 Å². The molecule has 1 atom stereocenters. The summed E-state index contributed by atoms with van der Waals surface area (Å²) in [4.78, 5) is 13.1. The van der Waals surface area contributed by atoms with E-state index in [4.69, 9.17) is 11.6 Å². The van der Waals surface area contributed by atoms with Gasteiger partial charge in [-0.1, -0.05) is 48.0 Å². The molecular weight excluding hydrogens is 444 g/mol. The van der Waals surface area contributed by atoms with Crippen molar-refractivity contribution in [3.8, 4) is 0 Å². The van der Waals surface area contributed by atoms with Crippen molar-refractivity contribution < 1.29 is 13.2 Å². The van der Waals surface area contributed by atoms with Gasteiger partial charge in [0.05, 0.1) is 16.6 Å².